The second kappa shape index (κ2) is 5.68. The molecule has 118 valence electrons. The van der Waals surface area contributed by atoms with Gasteiger partial charge in [0.15, 0.2) is 15.7 Å². The van der Waals surface area contributed by atoms with Gasteiger partial charge in [0, 0.05) is 6.07 Å². The molecule has 1 aromatic carbocycles. The molecule has 6 heteroatoms. The Balaban J connectivity index is 2.06. The summed E-state index contributed by atoms with van der Waals surface area (Å²) < 4.78 is 26.6. The van der Waals surface area contributed by atoms with Crippen molar-refractivity contribution < 1.29 is 18.6 Å². The summed E-state index contributed by atoms with van der Waals surface area (Å²) in [6.07, 6.45) is 4.04. The fraction of sp³-hybridized carbons (Fsp3) is 0.375. The summed E-state index contributed by atoms with van der Waals surface area (Å²) >= 11 is 0. The number of para-hydroxylation sites is 1. The molecule has 22 heavy (non-hydrogen) atoms. The Hall–Kier alpha value is -1.95. The van der Waals surface area contributed by atoms with E-state index in [0.29, 0.717) is 18.5 Å². The van der Waals surface area contributed by atoms with Gasteiger partial charge in [0.1, 0.15) is 4.90 Å². The average molecular weight is 321 g/mol. The van der Waals surface area contributed by atoms with Gasteiger partial charge in [-0.1, -0.05) is 37.5 Å². The van der Waals surface area contributed by atoms with Crippen molar-refractivity contribution in [2.45, 2.75) is 42.2 Å². The lowest BCUT2D eigenvalue weighted by Crippen LogP contribution is -2.23. The highest BCUT2D eigenvalue weighted by Crippen LogP contribution is 2.38. The maximum absolute atomic E-state index is 12.7. The molecule has 0 radical (unpaired) electrons. The van der Waals surface area contributed by atoms with Crippen LogP contribution in [0.25, 0.3) is 5.69 Å². The van der Waals surface area contributed by atoms with Gasteiger partial charge in [0.2, 0.25) is 5.88 Å². The topological polar surface area (TPSA) is 79.5 Å². The minimum absolute atomic E-state index is 0.180. The Labute approximate surface area is 129 Å². The summed E-state index contributed by atoms with van der Waals surface area (Å²) in [5.74, 6) is -0.702. The number of rotatable bonds is 3. The van der Waals surface area contributed by atoms with Gasteiger partial charge in [-0.2, -0.15) is 0 Å². The van der Waals surface area contributed by atoms with E-state index in [1.165, 1.54) is 0 Å². The third-order valence-corrected chi connectivity index (χ3v) is 6.50. The van der Waals surface area contributed by atoms with Crippen molar-refractivity contribution in [2.24, 2.45) is 0 Å². The first kappa shape index (κ1) is 15.0. The molecular weight excluding hydrogens is 302 g/mol. The Bertz CT molecular complexity index is 759. The molecule has 0 spiro atoms. The van der Waals surface area contributed by atoms with Crippen molar-refractivity contribution in [1.29, 1.82) is 0 Å². The molecule has 1 aromatic heterocycles. The van der Waals surface area contributed by atoms with E-state index in [-0.39, 0.29) is 10.8 Å². The van der Waals surface area contributed by atoms with E-state index in [2.05, 4.69) is 0 Å². The number of aromatic hydroxyl groups is 2. The number of hydrogen-bond donors (Lipinski definition) is 2. The third kappa shape index (κ3) is 2.47. The molecule has 5 nitrogen and oxygen atoms in total. The average Bonchev–Trinajstić information content (AvgIpc) is 2.84. The number of nitrogens with zero attached hydrogens (tertiary/aromatic N) is 1. The number of aromatic nitrogens is 1. The predicted molar refractivity (Wildman–Crippen MR) is 83.2 cm³/mol. The van der Waals surface area contributed by atoms with Crippen LogP contribution in [0.2, 0.25) is 0 Å². The molecule has 0 aliphatic heterocycles. The van der Waals surface area contributed by atoms with Crippen LogP contribution in [0, 0.1) is 0 Å². The Morgan fingerprint density at radius 3 is 2.27 bits per heavy atom. The molecule has 1 saturated carbocycles. The van der Waals surface area contributed by atoms with Gasteiger partial charge < -0.3 is 10.2 Å². The third-order valence-electron chi connectivity index (χ3n) is 4.23. The van der Waals surface area contributed by atoms with Crippen LogP contribution in [0.1, 0.15) is 32.1 Å². The van der Waals surface area contributed by atoms with Crippen molar-refractivity contribution in [3.63, 3.8) is 0 Å². The second-order valence-corrected chi connectivity index (χ2v) is 7.86. The van der Waals surface area contributed by atoms with Crippen molar-refractivity contribution in [3.05, 3.63) is 36.4 Å². The maximum Gasteiger partial charge on any atom is 0.217 e. The first-order valence-electron chi connectivity index (χ1n) is 7.45. The van der Waals surface area contributed by atoms with Gasteiger partial charge in [-0.25, -0.2) is 8.42 Å². The van der Waals surface area contributed by atoms with Crippen LogP contribution in [0.15, 0.2) is 41.3 Å². The molecule has 2 aromatic rings. The van der Waals surface area contributed by atoms with E-state index >= 15 is 0 Å². The molecule has 1 aliphatic carbocycles. The smallest absolute Gasteiger partial charge is 0.217 e. The lowest BCUT2D eigenvalue weighted by molar-refractivity contribution is 0.397. The van der Waals surface area contributed by atoms with Crippen LogP contribution in [-0.4, -0.2) is 28.4 Å². The van der Waals surface area contributed by atoms with Gasteiger partial charge in [-0.15, -0.1) is 0 Å². The van der Waals surface area contributed by atoms with Gasteiger partial charge >= 0.3 is 0 Å². The fourth-order valence-electron chi connectivity index (χ4n) is 3.06. The molecule has 2 N–H and O–H groups in total. The molecule has 1 fully saturated rings. The molecular formula is C16H19NO4S. The number of benzene rings is 1. The number of hydrogen-bond acceptors (Lipinski definition) is 4. The molecule has 1 aliphatic rings. The lowest BCUT2D eigenvalue weighted by atomic mass is 10.0. The van der Waals surface area contributed by atoms with Crippen LogP contribution in [-0.2, 0) is 9.84 Å². The van der Waals surface area contributed by atoms with Gasteiger partial charge in [-0.05, 0) is 25.0 Å². The monoisotopic (exact) mass is 321 g/mol. The first-order valence-corrected chi connectivity index (χ1v) is 8.99. The zero-order valence-electron chi connectivity index (χ0n) is 12.1. The zero-order valence-corrected chi connectivity index (χ0v) is 13.0. The maximum atomic E-state index is 12.7. The summed E-state index contributed by atoms with van der Waals surface area (Å²) in [5.41, 5.74) is 0.516. The standard InChI is InChI=1S/C16H19NO4S/c18-15-11-14(22(20,21)13-9-5-2-6-10-13)16(19)17(15)12-7-3-1-4-8-12/h1,3-4,7-8,11,13,18-19H,2,5-6,9-10H2. The van der Waals surface area contributed by atoms with Crippen LogP contribution in [0.5, 0.6) is 11.8 Å². The predicted octanol–water partition coefficient (Wildman–Crippen LogP) is 2.99. The Morgan fingerprint density at radius 2 is 1.64 bits per heavy atom. The minimum Gasteiger partial charge on any atom is -0.494 e. The highest BCUT2D eigenvalue weighted by atomic mass is 32.2. The molecule has 0 amide bonds. The highest BCUT2D eigenvalue weighted by molar-refractivity contribution is 7.92. The van der Waals surface area contributed by atoms with Gasteiger partial charge in [0.25, 0.3) is 0 Å². The highest BCUT2D eigenvalue weighted by Gasteiger charge is 2.34. The van der Waals surface area contributed by atoms with Crippen LogP contribution >= 0.6 is 0 Å². The first-order chi connectivity index (χ1) is 10.5. The summed E-state index contributed by atoms with van der Waals surface area (Å²) in [5, 5.41) is 19.9. The normalized spacial score (nSPS) is 16.7. The quantitative estimate of drug-likeness (QED) is 0.911. The summed E-state index contributed by atoms with van der Waals surface area (Å²) in [7, 11) is -3.63. The van der Waals surface area contributed by atoms with Gasteiger partial charge in [-0.3, -0.25) is 4.57 Å². The summed E-state index contributed by atoms with van der Waals surface area (Å²) in [6, 6.07) is 9.84. The van der Waals surface area contributed by atoms with Crippen molar-refractivity contribution in [3.8, 4) is 17.4 Å². The van der Waals surface area contributed by atoms with E-state index in [9.17, 15) is 18.6 Å². The van der Waals surface area contributed by atoms with E-state index < -0.39 is 21.0 Å². The Kier molecular flexibility index (Phi) is 3.87. The summed E-state index contributed by atoms with van der Waals surface area (Å²) in [4.78, 5) is -0.180. The van der Waals surface area contributed by atoms with E-state index in [1.54, 1.807) is 30.3 Å². The molecule has 1 heterocycles. The van der Waals surface area contributed by atoms with Crippen LogP contribution in [0.4, 0.5) is 0 Å². The van der Waals surface area contributed by atoms with Crippen molar-refractivity contribution >= 4 is 9.84 Å². The molecule has 0 bridgehead atoms. The van der Waals surface area contributed by atoms with Crippen molar-refractivity contribution in [1.82, 2.24) is 4.57 Å². The second-order valence-electron chi connectivity index (χ2n) is 5.67. The molecule has 0 atom stereocenters. The van der Waals surface area contributed by atoms with Crippen molar-refractivity contribution in [2.75, 3.05) is 0 Å². The summed E-state index contributed by atoms with van der Waals surface area (Å²) in [6.45, 7) is 0. The largest absolute Gasteiger partial charge is 0.494 e. The minimum atomic E-state index is -3.63. The zero-order chi connectivity index (χ0) is 15.7. The van der Waals surface area contributed by atoms with Crippen LogP contribution < -0.4 is 0 Å². The molecule has 3 rings (SSSR count). The van der Waals surface area contributed by atoms with E-state index in [4.69, 9.17) is 0 Å². The Morgan fingerprint density at radius 1 is 1.00 bits per heavy atom. The lowest BCUT2D eigenvalue weighted by Gasteiger charge is -2.21. The molecule has 0 unspecified atom stereocenters. The number of sulfone groups is 1. The van der Waals surface area contributed by atoms with Crippen LogP contribution in [0.3, 0.4) is 0 Å². The van der Waals surface area contributed by atoms with Gasteiger partial charge in [0.05, 0.1) is 10.9 Å². The molecule has 0 saturated heterocycles. The van der Waals surface area contributed by atoms with E-state index in [0.717, 1.165) is 29.9 Å². The van der Waals surface area contributed by atoms with E-state index in [1.807, 2.05) is 0 Å². The SMILES string of the molecule is O=S(=O)(c1cc(O)n(-c2ccccc2)c1O)C1CCCCC1. The fourth-order valence-corrected chi connectivity index (χ4v) is 4.99.